The van der Waals surface area contributed by atoms with Crippen molar-refractivity contribution in [2.24, 2.45) is 5.92 Å². The number of nitrogens with one attached hydrogen (secondary N) is 1. The molecule has 2 aromatic heterocycles. The maximum absolute atomic E-state index is 13.0. The maximum Gasteiger partial charge on any atom is 0.238 e. The summed E-state index contributed by atoms with van der Waals surface area (Å²) < 4.78 is 1.86. The molecule has 0 amide bonds. The number of aromatic amines is 1. The molecule has 1 aromatic carbocycles. The number of rotatable bonds is 2. The Labute approximate surface area is 128 Å². The molecule has 0 saturated heterocycles. The minimum atomic E-state index is -0.162. The van der Waals surface area contributed by atoms with E-state index >= 15 is 0 Å². The Hall–Kier alpha value is -2.62. The summed E-state index contributed by atoms with van der Waals surface area (Å²) in [6.45, 7) is 4.06. The third kappa shape index (κ3) is 1.77. The van der Waals surface area contributed by atoms with Gasteiger partial charge in [-0.2, -0.15) is 0 Å². The number of fused-ring (bicyclic) bond motifs is 3. The molecule has 1 unspecified atom stereocenters. The third-order valence-corrected chi connectivity index (χ3v) is 4.55. The van der Waals surface area contributed by atoms with Gasteiger partial charge in [0.2, 0.25) is 5.91 Å². The molecule has 0 spiro atoms. The second kappa shape index (κ2) is 4.70. The zero-order valence-electron chi connectivity index (χ0n) is 12.6. The van der Waals surface area contributed by atoms with Gasteiger partial charge in [-0.3, -0.25) is 9.36 Å². The third-order valence-electron chi connectivity index (χ3n) is 4.55. The Morgan fingerprint density at radius 1 is 1.27 bits per heavy atom. The fraction of sp³-hybridized carbons (Fsp3) is 0.222. The first kappa shape index (κ1) is 13.1. The van der Waals surface area contributed by atoms with Gasteiger partial charge in [-0.25, -0.2) is 4.98 Å². The van der Waals surface area contributed by atoms with Crippen LogP contribution in [0.4, 0.5) is 0 Å². The van der Waals surface area contributed by atoms with Gasteiger partial charge in [0.25, 0.3) is 0 Å². The van der Waals surface area contributed by atoms with Crippen LogP contribution in [0.1, 0.15) is 27.4 Å². The molecule has 1 aliphatic rings. The molecule has 0 aliphatic carbocycles. The van der Waals surface area contributed by atoms with E-state index in [-0.39, 0.29) is 11.8 Å². The number of imidazole rings is 1. The second-order valence-electron chi connectivity index (χ2n) is 5.85. The molecule has 0 fully saturated rings. The first-order valence-electron chi connectivity index (χ1n) is 7.48. The number of nitrogens with zero attached hydrogens (tertiary/aromatic N) is 2. The lowest BCUT2D eigenvalue weighted by Gasteiger charge is -2.19. The maximum atomic E-state index is 13.0. The van der Waals surface area contributed by atoms with Gasteiger partial charge in [0.1, 0.15) is 0 Å². The molecule has 1 aliphatic heterocycles. The molecule has 0 radical (unpaired) electrons. The summed E-state index contributed by atoms with van der Waals surface area (Å²) in [5.41, 5.74) is 5.14. The Bertz CT molecular complexity index is 914. The molecular formula is C18H17N3O. The number of hydrogen-bond donors (Lipinski definition) is 1. The molecule has 110 valence electrons. The molecule has 22 heavy (non-hydrogen) atoms. The van der Waals surface area contributed by atoms with Crippen molar-refractivity contribution in [2.75, 3.05) is 0 Å². The smallest absolute Gasteiger partial charge is 0.238 e. The van der Waals surface area contributed by atoms with Crippen LogP contribution in [0, 0.1) is 19.8 Å². The van der Waals surface area contributed by atoms with Gasteiger partial charge >= 0.3 is 0 Å². The lowest BCUT2D eigenvalue weighted by Crippen LogP contribution is -2.26. The molecule has 3 heterocycles. The summed E-state index contributed by atoms with van der Waals surface area (Å²) in [7, 11) is 0. The summed E-state index contributed by atoms with van der Waals surface area (Å²) in [6.07, 6.45) is 6.40. The fourth-order valence-corrected chi connectivity index (χ4v) is 3.27. The van der Waals surface area contributed by atoms with Crippen LogP contribution in [-0.4, -0.2) is 20.4 Å². The molecule has 4 rings (SSSR count). The van der Waals surface area contributed by atoms with Crippen LogP contribution < -0.4 is 0 Å². The molecule has 0 bridgehead atoms. The Morgan fingerprint density at radius 3 is 2.86 bits per heavy atom. The van der Waals surface area contributed by atoms with Crippen LogP contribution in [0.2, 0.25) is 0 Å². The van der Waals surface area contributed by atoms with Crippen molar-refractivity contribution in [1.29, 1.82) is 0 Å². The zero-order valence-corrected chi connectivity index (χ0v) is 12.6. The highest BCUT2D eigenvalue weighted by Gasteiger charge is 2.27. The summed E-state index contributed by atoms with van der Waals surface area (Å²) in [6, 6.07) is 8.08. The SMILES string of the molecule is Cc1[nH]cnc1CC1C=Cc2c(C)c3ccccc3n2C1=O. The molecule has 1 N–H and O–H groups in total. The van der Waals surface area contributed by atoms with Crippen LogP contribution in [0.5, 0.6) is 0 Å². The molecule has 3 aromatic rings. The van der Waals surface area contributed by atoms with Crippen molar-refractivity contribution in [2.45, 2.75) is 20.3 Å². The van der Waals surface area contributed by atoms with E-state index in [9.17, 15) is 4.79 Å². The monoisotopic (exact) mass is 291 g/mol. The highest BCUT2D eigenvalue weighted by molar-refractivity contribution is 6.01. The highest BCUT2D eigenvalue weighted by atomic mass is 16.2. The number of benzene rings is 1. The van der Waals surface area contributed by atoms with Crippen molar-refractivity contribution in [1.82, 2.24) is 14.5 Å². The summed E-state index contributed by atoms with van der Waals surface area (Å²) in [4.78, 5) is 20.3. The standard InChI is InChI=1S/C18H17N3O/c1-11-14-5-3-4-6-17(14)21-16(11)8-7-13(18(21)22)9-15-12(2)19-10-20-15/h3-8,10,13H,9H2,1-2H3,(H,19,20). The molecular weight excluding hydrogens is 274 g/mol. The van der Waals surface area contributed by atoms with Gasteiger partial charge in [0, 0.05) is 17.5 Å². The zero-order chi connectivity index (χ0) is 15.3. The number of carbonyl (C=O) groups is 1. The van der Waals surface area contributed by atoms with E-state index < -0.39 is 0 Å². The van der Waals surface area contributed by atoms with E-state index in [1.807, 2.05) is 35.8 Å². The van der Waals surface area contributed by atoms with Gasteiger partial charge in [-0.1, -0.05) is 24.3 Å². The lowest BCUT2D eigenvalue weighted by atomic mass is 9.97. The van der Waals surface area contributed by atoms with E-state index in [1.54, 1.807) is 6.33 Å². The van der Waals surface area contributed by atoms with Gasteiger partial charge in [-0.05, 0) is 31.6 Å². The van der Waals surface area contributed by atoms with Crippen molar-refractivity contribution in [3.05, 3.63) is 59.3 Å². The van der Waals surface area contributed by atoms with Crippen molar-refractivity contribution in [3.8, 4) is 0 Å². The topological polar surface area (TPSA) is 50.7 Å². The highest BCUT2D eigenvalue weighted by Crippen LogP contribution is 2.31. The van der Waals surface area contributed by atoms with Crippen molar-refractivity contribution >= 4 is 22.9 Å². The van der Waals surface area contributed by atoms with Crippen molar-refractivity contribution in [3.63, 3.8) is 0 Å². The average molecular weight is 291 g/mol. The molecule has 4 heteroatoms. The van der Waals surface area contributed by atoms with Crippen LogP contribution in [0.3, 0.4) is 0 Å². The Balaban J connectivity index is 1.80. The predicted octanol–water partition coefficient (Wildman–Crippen LogP) is 3.51. The number of hydrogen-bond acceptors (Lipinski definition) is 2. The first-order chi connectivity index (χ1) is 10.7. The van der Waals surface area contributed by atoms with E-state index in [4.69, 9.17) is 0 Å². The van der Waals surface area contributed by atoms with E-state index in [1.165, 1.54) is 0 Å². The molecule has 0 saturated carbocycles. The van der Waals surface area contributed by atoms with E-state index in [2.05, 4.69) is 29.0 Å². The number of aryl methyl sites for hydroxylation is 2. The fourth-order valence-electron chi connectivity index (χ4n) is 3.27. The molecule has 4 nitrogen and oxygen atoms in total. The lowest BCUT2D eigenvalue weighted by molar-refractivity contribution is 0.0862. The van der Waals surface area contributed by atoms with E-state index in [0.717, 1.165) is 33.5 Å². The van der Waals surface area contributed by atoms with Gasteiger partial charge in [0.15, 0.2) is 0 Å². The van der Waals surface area contributed by atoms with Gasteiger partial charge in [-0.15, -0.1) is 0 Å². The minimum Gasteiger partial charge on any atom is -0.348 e. The Kier molecular flexibility index (Phi) is 2.79. The Morgan fingerprint density at radius 2 is 2.09 bits per heavy atom. The van der Waals surface area contributed by atoms with Crippen LogP contribution in [0.15, 0.2) is 36.7 Å². The average Bonchev–Trinajstić information content (AvgIpc) is 3.05. The predicted molar refractivity (Wildman–Crippen MR) is 86.9 cm³/mol. The first-order valence-corrected chi connectivity index (χ1v) is 7.48. The van der Waals surface area contributed by atoms with Crippen molar-refractivity contribution < 1.29 is 4.79 Å². The number of H-pyrrole nitrogens is 1. The van der Waals surface area contributed by atoms with Gasteiger partial charge < -0.3 is 4.98 Å². The number of carbonyl (C=O) groups excluding carboxylic acids is 1. The molecule has 1 atom stereocenters. The largest absolute Gasteiger partial charge is 0.348 e. The summed E-state index contributed by atoms with van der Waals surface area (Å²) in [5, 5.41) is 1.15. The van der Waals surface area contributed by atoms with Gasteiger partial charge in [0.05, 0.1) is 29.1 Å². The number of para-hydroxylation sites is 1. The van der Waals surface area contributed by atoms with Crippen LogP contribution in [0.25, 0.3) is 17.0 Å². The number of allylic oxidation sites excluding steroid dienone is 1. The normalized spacial score (nSPS) is 17.2. The van der Waals surface area contributed by atoms with Crippen LogP contribution >= 0.6 is 0 Å². The quantitative estimate of drug-likeness (QED) is 0.785. The summed E-state index contributed by atoms with van der Waals surface area (Å²) in [5.74, 6) is -0.0334. The van der Waals surface area contributed by atoms with Crippen LogP contribution in [-0.2, 0) is 6.42 Å². The second-order valence-corrected chi connectivity index (χ2v) is 5.85. The van der Waals surface area contributed by atoms with E-state index in [0.29, 0.717) is 6.42 Å². The number of aromatic nitrogens is 3. The summed E-state index contributed by atoms with van der Waals surface area (Å²) >= 11 is 0. The minimum absolute atomic E-state index is 0.129.